The van der Waals surface area contributed by atoms with E-state index >= 15 is 0 Å². The zero-order valence-corrected chi connectivity index (χ0v) is 16.3. The molecule has 1 saturated heterocycles. The van der Waals surface area contributed by atoms with E-state index in [1.807, 2.05) is 42.3 Å². The van der Waals surface area contributed by atoms with E-state index in [1.54, 1.807) is 6.20 Å². The van der Waals surface area contributed by atoms with Crippen molar-refractivity contribution in [3.8, 4) is 0 Å². The highest BCUT2D eigenvalue weighted by Crippen LogP contribution is 2.25. The third-order valence-electron chi connectivity index (χ3n) is 5.22. The fraction of sp³-hybridized carbons (Fsp3) is 0.333. The van der Waals surface area contributed by atoms with E-state index in [-0.39, 0.29) is 11.9 Å². The normalized spacial score (nSPS) is 18.2. The lowest BCUT2D eigenvalue weighted by molar-refractivity contribution is 0.0471. The van der Waals surface area contributed by atoms with Crippen LogP contribution in [0.3, 0.4) is 0 Å². The minimum atomic E-state index is 0.0512. The molecule has 0 bridgehead atoms. The lowest BCUT2D eigenvalue weighted by Gasteiger charge is -2.39. The van der Waals surface area contributed by atoms with Gasteiger partial charge in [0, 0.05) is 60.5 Å². The average Bonchev–Trinajstić information content (AvgIpc) is 3.06. The van der Waals surface area contributed by atoms with Crippen LogP contribution in [0, 0.1) is 6.92 Å². The number of nitrogens with zero attached hydrogens (tertiary/aromatic N) is 3. The molecule has 1 unspecified atom stereocenters. The monoisotopic (exact) mass is 382 g/mol. The molecule has 3 aromatic rings. The quantitative estimate of drug-likeness (QED) is 0.748. The lowest BCUT2D eigenvalue weighted by Crippen LogP contribution is -2.53. The molecule has 140 valence electrons. The molecule has 0 radical (unpaired) electrons. The van der Waals surface area contributed by atoms with Gasteiger partial charge in [-0.15, -0.1) is 0 Å². The standard InChI is InChI=1S/C21H23ClN4O/c1-14-8-18(22)9-17-10-19(24-20(14)17)21(27)26-7-6-25(12-15(26)2)13-16-4-3-5-23-11-16/h3-5,8-11,15,24H,6-7,12-13H2,1-2H3. The van der Waals surface area contributed by atoms with Gasteiger partial charge in [-0.2, -0.15) is 0 Å². The molecule has 1 fully saturated rings. The highest BCUT2D eigenvalue weighted by molar-refractivity contribution is 6.31. The second kappa shape index (κ2) is 7.33. The predicted octanol–water partition coefficient (Wildman–Crippen LogP) is 3.87. The number of pyridine rings is 1. The minimum absolute atomic E-state index is 0.0512. The first kappa shape index (κ1) is 18.0. The molecule has 3 heterocycles. The number of halogens is 1. The molecular formula is C21H23ClN4O. The summed E-state index contributed by atoms with van der Waals surface area (Å²) in [6, 6.07) is 9.92. The van der Waals surface area contributed by atoms with Crippen molar-refractivity contribution in [2.45, 2.75) is 26.4 Å². The molecule has 5 nitrogen and oxygen atoms in total. The zero-order valence-electron chi connectivity index (χ0n) is 15.6. The van der Waals surface area contributed by atoms with Gasteiger partial charge in [0.25, 0.3) is 5.91 Å². The molecule has 0 aliphatic carbocycles. The molecule has 1 aliphatic rings. The third-order valence-corrected chi connectivity index (χ3v) is 5.44. The fourth-order valence-electron chi connectivity index (χ4n) is 3.88. The molecular weight excluding hydrogens is 360 g/mol. The fourth-order valence-corrected chi connectivity index (χ4v) is 4.16. The van der Waals surface area contributed by atoms with Gasteiger partial charge in [-0.3, -0.25) is 14.7 Å². The Morgan fingerprint density at radius 1 is 1.33 bits per heavy atom. The first-order valence-electron chi connectivity index (χ1n) is 9.22. The van der Waals surface area contributed by atoms with Crippen LogP contribution in [-0.4, -0.2) is 51.4 Å². The van der Waals surface area contributed by atoms with Crippen LogP contribution in [0.5, 0.6) is 0 Å². The Hall–Kier alpha value is -2.37. The summed E-state index contributed by atoms with van der Waals surface area (Å²) in [5.74, 6) is 0.0512. The van der Waals surface area contributed by atoms with E-state index in [2.05, 4.69) is 27.9 Å². The summed E-state index contributed by atoms with van der Waals surface area (Å²) in [6.07, 6.45) is 3.69. The number of nitrogens with one attached hydrogen (secondary N) is 1. The highest BCUT2D eigenvalue weighted by Gasteiger charge is 2.29. The van der Waals surface area contributed by atoms with E-state index in [0.717, 1.165) is 42.6 Å². The number of piperazine rings is 1. The third kappa shape index (κ3) is 3.70. The first-order valence-corrected chi connectivity index (χ1v) is 9.60. The van der Waals surface area contributed by atoms with Crippen LogP contribution in [0.2, 0.25) is 5.02 Å². The van der Waals surface area contributed by atoms with Crippen LogP contribution in [0.25, 0.3) is 10.9 Å². The number of hydrogen-bond acceptors (Lipinski definition) is 3. The van der Waals surface area contributed by atoms with E-state index in [9.17, 15) is 4.79 Å². The van der Waals surface area contributed by atoms with Crippen molar-refractivity contribution in [2.24, 2.45) is 0 Å². The minimum Gasteiger partial charge on any atom is -0.350 e. The molecule has 1 N–H and O–H groups in total. The van der Waals surface area contributed by atoms with E-state index in [1.165, 1.54) is 5.56 Å². The molecule has 27 heavy (non-hydrogen) atoms. The largest absolute Gasteiger partial charge is 0.350 e. The summed E-state index contributed by atoms with van der Waals surface area (Å²) in [7, 11) is 0. The number of aromatic amines is 1. The lowest BCUT2D eigenvalue weighted by atomic mass is 10.1. The van der Waals surface area contributed by atoms with Gasteiger partial charge in [-0.05, 0) is 49.2 Å². The van der Waals surface area contributed by atoms with E-state index in [0.29, 0.717) is 10.7 Å². The van der Waals surface area contributed by atoms with Gasteiger partial charge in [0.05, 0.1) is 0 Å². The smallest absolute Gasteiger partial charge is 0.270 e. The summed E-state index contributed by atoms with van der Waals surface area (Å²) < 4.78 is 0. The Bertz CT molecular complexity index is 969. The van der Waals surface area contributed by atoms with Gasteiger partial charge in [0.2, 0.25) is 0 Å². The SMILES string of the molecule is Cc1cc(Cl)cc2cc(C(=O)N3CCN(Cc4cccnc4)CC3C)[nH]c12. The van der Waals surface area contributed by atoms with Crippen molar-refractivity contribution in [3.63, 3.8) is 0 Å². The van der Waals surface area contributed by atoms with Crippen LogP contribution in [0.15, 0.2) is 42.7 Å². The summed E-state index contributed by atoms with van der Waals surface area (Å²) in [5.41, 5.74) is 3.85. The van der Waals surface area contributed by atoms with Gasteiger partial charge in [-0.25, -0.2) is 0 Å². The van der Waals surface area contributed by atoms with Gasteiger partial charge in [0.15, 0.2) is 0 Å². The maximum atomic E-state index is 13.1. The Morgan fingerprint density at radius 2 is 2.19 bits per heavy atom. The molecule has 1 aliphatic heterocycles. The van der Waals surface area contributed by atoms with Crippen molar-refractivity contribution in [1.82, 2.24) is 19.8 Å². The molecule has 0 saturated carbocycles. The maximum absolute atomic E-state index is 13.1. The van der Waals surface area contributed by atoms with Crippen molar-refractivity contribution >= 4 is 28.4 Å². The maximum Gasteiger partial charge on any atom is 0.270 e. The number of amides is 1. The van der Waals surface area contributed by atoms with Crippen molar-refractivity contribution in [1.29, 1.82) is 0 Å². The van der Waals surface area contributed by atoms with Crippen LogP contribution >= 0.6 is 11.6 Å². The Kier molecular flexibility index (Phi) is 4.89. The summed E-state index contributed by atoms with van der Waals surface area (Å²) >= 11 is 6.15. The molecule has 4 rings (SSSR count). The van der Waals surface area contributed by atoms with Crippen LogP contribution in [0.1, 0.15) is 28.5 Å². The van der Waals surface area contributed by atoms with Gasteiger partial charge < -0.3 is 9.88 Å². The summed E-state index contributed by atoms with van der Waals surface area (Å²) in [4.78, 5) is 24.9. The molecule has 1 atom stereocenters. The molecule has 1 aromatic carbocycles. The van der Waals surface area contributed by atoms with Crippen molar-refractivity contribution in [2.75, 3.05) is 19.6 Å². The Balaban J connectivity index is 1.48. The van der Waals surface area contributed by atoms with Crippen LogP contribution in [0.4, 0.5) is 0 Å². The van der Waals surface area contributed by atoms with Crippen LogP contribution < -0.4 is 0 Å². The van der Waals surface area contributed by atoms with Gasteiger partial charge in [0.1, 0.15) is 5.69 Å². The van der Waals surface area contributed by atoms with E-state index < -0.39 is 0 Å². The zero-order chi connectivity index (χ0) is 19.0. The number of carbonyl (C=O) groups excluding carboxylic acids is 1. The number of benzene rings is 1. The van der Waals surface area contributed by atoms with E-state index in [4.69, 9.17) is 11.6 Å². The number of aryl methyl sites for hydroxylation is 1. The molecule has 1 amide bonds. The highest BCUT2D eigenvalue weighted by atomic mass is 35.5. The molecule has 2 aromatic heterocycles. The van der Waals surface area contributed by atoms with Crippen LogP contribution in [-0.2, 0) is 6.54 Å². The average molecular weight is 383 g/mol. The summed E-state index contributed by atoms with van der Waals surface area (Å²) in [5, 5.41) is 1.67. The van der Waals surface area contributed by atoms with Gasteiger partial charge in [-0.1, -0.05) is 17.7 Å². The number of rotatable bonds is 3. The first-order chi connectivity index (χ1) is 13.0. The second-order valence-electron chi connectivity index (χ2n) is 7.31. The molecule has 6 heteroatoms. The van der Waals surface area contributed by atoms with Gasteiger partial charge >= 0.3 is 0 Å². The predicted molar refractivity (Wildman–Crippen MR) is 108 cm³/mol. The Morgan fingerprint density at radius 3 is 2.93 bits per heavy atom. The number of H-pyrrole nitrogens is 1. The number of carbonyl (C=O) groups is 1. The Labute approximate surface area is 163 Å². The number of aromatic nitrogens is 2. The number of hydrogen-bond donors (Lipinski definition) is 1. The second-order valence-corrected chi connectivity index (χ2v) is 7.75. The summed E-state index contributed by atoms with van der Waals surface area (Å²) in [6.45, 7) is 7.40. The van der Waals surface area contributed by atoms with Crippen molar-refractivity contribution < 1.29 is 4.79 Å². The van der Waals surface area contributed by atoms with Crippen molar-refractivity contribution in [3.05, 3.63) is 64.6 Å². The topological polar surface area (TPSA) is 52.2 Å². The number of fused-ring (bicyclic) bond motifs is 1. The molecule has 0 spiro atoms.